The fraction of sp³-hybridized carbons (Fsp3) is 0.619. The predicted octanol–water partition coefficient (Wildman–Crippen LogP) is 2.80. The van der Waals surface area contributed by atoms with Crippen molar-refractivity contribution in [2.45, 2.75) is 70.1 Å². The Morgan fingerprint density at radius 3 is 2.42 bits per heavy atom. The summed E-state index contributed by atoms with van der Waals surface area (Å²) in [6, 6.07) is 8.89. The zero-order chi connectivity index (χ0) is 18.7. The first kappa shape index (κ1) is 18.9. The Morgan fingerprint density at radius 2 is 1.81 bits per heavy atom. The van der Waals surface area contributed by atoms with Crippen LogP contribution < -0.4 is 5.32 Å². The molecule has 0 aromatic heterocycles. The Morgan fingerprint density at radius 1 is 1.15 bits per heavy atom. The van der Waals surface area contributed by atoms with Crippen molar-refractivity contribution in [1.29, 1.82) is 0 Å². The van der Waals surface area contributed by atoms with Crippen LogP contribution in [-0.4, -0.2) is 40.0 Å². The average Bonchev–Trinajstić information content (AvgIpc) is 2.64. The highest BCUT2D eigenvalue weighted by Gasteiger charge is 2.48. The minimum absolute atomic E-state index is 0.0657. The number of carbonyl (C=O) groups excluding carboxylic acids is 2. The summed E-state index contributed by atoms with van der Waals surface area (Å²) < 4.78 is 0. The Bertz CT molecular complexity index is 638. The largest absolute Gasteiger partial charge is 0.388 e. The van der Waals surface area contributed by atoms with Crippen molar-refractivity contribution in [1.82, 2.24) is 10.2 Å². The summed E-state index contributed by atoms with van der Waals surface area (Å²) in [7, 11) is 0. The van der Waals surface area contributed by atoms with Crippen LogP contribution in [0.25, 0.3) is 0 Å². The van der Waals surface area contributed by atoms with Crippen LogP contribution in [0.1, 0.15) is 64.0 Å². The Hall–Kier alpha value is -1.88. The first-order valence-electron chi connectivity index (χ1n) is 9.75. The molecule has 1 aromatic rings. The standard InChI is InChI=1S/C21H30N2O3/c1-15(24)22-19-18(16-9-5-3-6-10-16)23(14-13-21(19,2)26)20(25)17-11-7-4-8-12-17/h3,5-6,9-10,17-19,26H,4,7-8,11-14H2,1-2H3,(H,22,24)/t18-,19-,21+/m0/s1. The molecule has 1 aromatic carbocycles. The van der Waals surface area contributed by atoms with Gasteiger partial charge in [0, 0.05) is 19.4 Å². The van der Waals surface area contributed by atoms with Crippen molar-refractivity contribution in [2.75, 3.05) is 6.54 Å². The zero-order valence-electron chi connectivity index (χ0n) is 15.8. The number of aliphatic hydroxyl groups is 1. The fourth-order valence-corrected chi connectivity index (χ4v) is 4.47. The van der Waals surface area contributed by atoms with Crippen LogP contribution >= 0.6 is 0 Å². The monoisotopic (exact) mass is 358 g/mol. The highest BCUT2D eigenvalue weighted by atomic mass is 16.3. The smallest absolute Gasteiger partial charge is 0.226 e. The summed E-state index contributed by atoms with van der Waals surface area (Å²) in [4.78, 5) is 27.0. The van der Waals surface area contributed by atoms with Crippen LogP contribution in [0.5, 0.6) is 0 Å². The van der Waals surface area contributed by atoms with E-state index < -0.39 is 11.6 Å². The highest BCUT2D eigenvalue weighted by Crippen LogP contribution is 2.39. The summed E-state index contributed by atoms with van der Waals surface area (Å²) in [6.45, 7) is 3.73. The van der Waals surface area contributed by atoms with Gasteiger partial charge in [-0.3, -0.25) is 9.59 Å². The van der Waals surface area contributed by atoms with Gasteiger partial charge in [-0.05, 0) is 31.7 Å². The van der Waals surface area contributed by atoms with Crippen LogP contribution in [0.15, 0.2) is 30.3 Å². The third-order valence-electron chi connectivity index (χ3n) is 5.92. The molecule has 0 spiro atoms. The lowest BCUT2D eigenvalue weighted by atomic mass is 9.78. The van der Waals surface area contributed by atoms with Crippen LogP contribution in [0.4, 0.5) is 0 Å². The fourth-order valence-electron chi connectivity index (χ4n) is 4.47. The molecule has 2 N–H and O–H groups in total. The topological polar surface area (TPSA) is 69.6 Å². The average molecular weight is 358 g/mol. The van der Waals surface area contributed by atoms with Gasteiger partial charge in [-0.15, -0.1) is 0 Å². The number of benzene rings is 1. The number of hydrogen-bond acceptors (Lipinski definition) is 3. The van der Waals surface area contributed by atoms with Crippen molar-refractivity contribution >= 4 is 11.8 Å². The maximum atomic E-state index is 13.3. The second-order valence-electron chi connectivity index (χ2n) is 8.01. The minimum atomic E-state index is -1.06. The van der Waals surface area contributed by atoms with Gasteiger partial charge >= 0.3 is 0 Å². The molecule has 1 saturated carbocycles. The molecule has 142 valence electrons. The first-order chi connectivity index (χ1) is 12.4. The molecule has 0 bridgehead atoms. The van der Waals surface area contributed by atoms with Crippen molar-refractivity contribution < 1.29 is 14.7 Å². The van der Waals surface area contributed by atoms with Crippen LogP contribution in [0, 0.1) is 5.92 Å². The van der Waals surface area contributed by atoms with Crippen molar-refractivity contribution in [3.05, 3.63) is 35.9 Å². The van der Waals surface area contributed by atoms with E-state index in [4.69, 9.17) is 0 Å². The van der Waals surface area contributed by atoms with Gasteiger partial charge in [0.05, 0.1) is 17.7 Å². The van der Waals surface area contributed by atoms with Crippen LogP contribution in [0.2, 0.25) is 0 Å². The number of nitrogens with zero attached hydrogens (tertiary/aromatic N) is 1. The molecule has 1 saturated heterocycles. The Kier molecular flexibility index (Phi) is 5.66. The van der Waals surface area contributed by atoms with Gasteiger partial charge in [-0.25, -0.2) is 0 Å². The van der Waals surface area contributed by atoms with E-state index in [0.717, 1.165) is 31.2 Å². The number of likely N-dealkylation sites (tertiary alicyclic amines) is 1. The second kappa shape index (κ2) is 7.78. The summed E-state index contributed by atoms with van der Waals surface area (Å²) in [5, 5.41) is 13.9. The van der Waals surface area contributed by atoms with Gasteiger partial charge in [0.15, 0.2) is 0 Å². The quantitative estimate of drug-likeness (QED) is 0.873. The lowest BCUT2D eigenvalue weighted by molar-refractivity contribution is -0.150. The van der Waals surface area contributed by atoms with Crippen molar-refractivity contribution in [3.63, 3.8) is 0 Å². The number of nitrogens with one attached hydrogen (secondary N) is 1. The van der Waals surface area contributed by atoms with E-state index in [0.29, 0.717) is 13.0 Å². The van der Waals surface area contributed by atoms with Gasteiger partial charge < -0.3 is 15.3 Å². The molecule has 0 radical (unpaired) electrons. The lowest BCUT2D eigenvalue weighted by Gasteiger charge is -2.50. The second-order valence-corrected chi connectivity index (χ2v) is 8.01. The number of piperidine rings is 1. The van der Waals surface area contributed by atoms with E-state index in [2.05, 4.69) is 5.32 Å². The molecule has 5 heteroatoms. The molecule has 26 heavy (non-hydrogen) atoms. The third kappa shape index (κ3) is 3.93. The summed E-state index contributed by atoms with van der Waals surface area (Å²) >= 11 is 0. The molecule has 3 rings (SSSR count). The van der Waals surface area contributed by atoms with Gasteiger partial charge in [0.2, 0.25) is 11.8 Å². The van der Waals surface area contributed by atoms with E-state index in [1.165, 1.54) is 13.3 Å². The molecule has 2 amide bonds. The molecule has 0 unspecified atom stereocenters. The molecule has 3 atom stereocenters. The zero-order valence-corrected chi connectivity index (χ0v) is 15.8. The third-order valence-corrected chi connectivity index (χ3v) is 5.92. The maximum absolute atomic E-state index is 13.3. The Balaban J connectivity index is 1.96. The van der Waals surface area contributed by atoms with Gasteiger partial charge in [-0.2, -0.15) is 0 Å². The number of rotatable bonds is 3. The summed E-state index contributed by atoms with van der Waals surface area (Å²) in [5.41, 5.74) is -0.106. The molecular formula is C21H30N2O3. The van der Waals surface area contributed by atoms with E-state index in [9.17, 15) is 14.7 Å². The number of amides is 2. The predicted molar refractivity (Wildman–Crippen MR) is 100 cm³/mol. The highest BCUT2D eigenvalue weighted by molar-refractivity contribution is 5.80. The molecule has 2 fully saturated rings. The van der Waals surface area contributed by atoms with Gasteiger partial charge in [0.25, 0.3) is 0 Å². The summed E-state index contributed by atoms with van der Waals surface area (Å²) in [5.74, 6) is 0.0450. The van der Waals surface area contributed by atoms with E-state index in [-0.39, 0.29) is 23.8 Å². The molecule has 2 aliphatic rings. The van der Waals surface area contributed by atoms with E-state index in [1.54, 1.807) is 6.92 Å². The molecular weight excluding hydrogens is 328 g/mol. The van der Waals surface area contributed by atoms with Gasteiger partial charge in [0.1, 0.15) is 0 Å². The number of carbonyl (C=O) groups is 2. The van der Waals surface area contributed by atoms with E-state index >= 15 is 0 Å². The SMILES string of the molecule is CC(=O)N[C@H]1[C@H](c2ccccc2)N(C(=O)C2CCCCC2)CC[C@@]1(C)O. The van der Waals surface area contributed by atoms with Gasteiger partial charge in [-0.1, -0.05) is 49.6 Å². The normalized spacial score (nSPS) is 30.0. The van der Waals surface area contributed by atoms with Crippen molar-refractivity contribution in [2.24, 2.45) is 5.92 Å². The minimum Gasteiger partial charge on any atom is -0.388 e. The van der Waals surface area contributed by atoms with Crippen LogP contribution in [-0.2, 0) is 9.59 Å². The van der Waals surface area contributed by atoms with Crippen molar-refractivity contribution in [3.8, 4) is 0 Å². The molecule has 1 aliphatic heterocycles. The molecule has 1 heterocycles. The molecule has 5 nitrogen and oxygen atoms in total. The first-order valence-corrected chi connectivity index (χ1v) is 9.75. The molecule has 1 aliphatic carbocycles. The lowest BCUT2D eigenvalue weighted by Crippen LogP contribution is -2.63. The maximum Gasteiger partial charge on any atom is 0.226 e. The van der Waals surface area contributed by atoms with Crippen LogP contribution in [0.3, 0.4) is 0 Å². The summed E-state index contributed by atoms with van der Waals surface area (Å²) in [6.07, 6.45) is 5.76. The Labute approximate surface area is 155 Å². The van der Waals surface area contributed by atoms with E-state index in [1.807, 2.05) is 35.2 Å². The number of hydrogen-bond donors (Lipinski definition) is 2.